The number of likely N-dealkylation sites (tertiary alicyclic amines) is 1. The summed E-state index contributed by atoms with van der Waals surface area (Å²) in [6.07, 6.45) is 2.50. The number of aryl methyl sites for hydroxylation is 1. The Morgan fingerprint density at radius 3 is 2.45 bits per heavy atom. The van der Waals surface area contributed by atoms with Gasteiger partial charge >= 0.3 is 0 Å². The maximum absolute atomic E-state index is 5.58. The molecule has 154 valence electrons. The van der Waals surface area contributed by atoms with Crippen LogP contribution in [0.25, 0.3) is 39.1 Å². The predicted molar refractivity (Wildman–Crippen MR) is 118 cm³/mol. The Bertz CT molecular complexity index is 1380. The Morgan fingerprint density at radius 2 is 1.65 bits per heavy atom. The van der Waals surface area contributed by atoms with Gasteiger partial charge in [-0.2, -0.15) is 9.61 Å². The van der Waals surface area contributed by atoms with Crippen LogP contribution in [-0.2, 0) is 6.54 Å². The molecule has 31 heavy (non-hydrogen) atoms. The molecule has 0 aliphatic carbocycles. The van der Waals surface area contributed by atoms with Crippen molar-refractivity contribution in [3.8, 4) is 22.6 Å². The summed E-state index contributed by atoms with van der Waals surface area (Å²) in [5, 5.41) is 20.6. The molecule has 0 spiro atoms. The quantitative estimate of drug-likeness (QED) is 0.434. The lowest BCUT2D eigenvalue weighted by molar-refractivity contribution is 0.327. The van der Waals surface area contributed by atoms with Crippen LogP contribution in [0.1, 0.15) is 24.3 Å². The lowest BCUT2D eigenvalue weighted by atomic mass is 10.1. The monoisotopic (exact) mass is 410 g/mol. The van der Waals surface area contributed by atoms with E-state index < -0.39 is 0 Å². The molecule has 0 atom stereocenters. The molecule has 7 heteroatoms. The van der Waals surface area contributed by atoms with Crippen molar-refractivity contribution < 1.29 is 4.52 Å². The van der Waals surface area contributed by atoms with Gasteiger partial charge in [0, 0.05) is 22.9 Å². The molecule has 0 amide bonds. The Labute approximate surface area is 179 Å². The minimum atomic E-state index is 0.654. The van der Waals surface area contributed by atoms with Gasteiger partial charge in [0.15, 0.2) is 11.5 Å². The summed E-state index contributed by atoms with van der Waals surface area (Å²) >= 11 is 0. The molecule has 3 aromatic heterocycles. The highest BCUT2D eigenvalue weighted by Gasteiger charge is 2.24. The van der Waals surface area contributed by atoms with Crippen LogP contribution < -0.4 is 0 Å². The third kappa shape index (κ3) is 3.00. The van der Waals surface area contributed by atoms with Gasteiger partial charge in [0.1, 0.15) is 11.5 Å². The van der Waals surface area contributed by atoms with Crippen molar-refractivity contribution in [3.05, 3.63) is 66.1 Å². The number of aromatic nitrogens is 5. The normalized spacial score (nSPS) is 14.7. The van der Waals surface area contributed by atoms with Crippen LogP contribution in [0.2, 0.25) is 0 Å². The lowest BCUT2D eigenvalue weighted by Gasteiger charge is -2.16. The molecule has 2 aromatic carbocycles. The summed E-state index contributed by atoms with van der Waals surface area (Å²) in [7, 11) is 0. The predicted octanol–water partition coefficient (Wildman–Crippen LogP) is 4.50. The Hall–Kier alpha value is -3.58. The Balaban J connectivity index is 1.58. The first kappa shape index (κ1) is 18.2. The maximum Gasteiger partial charge on any atom is 0.191 e. The number of hydrogen-bond donors (Lipinski definition) is 0. The molecular formula is C24H22N6O. The molecule has 5 aromatic rings. The van der Waals surface area contributed by atoms with Crippen molar-refractivity contribution >= 4 is 16.4 Å². The lowest BCUT2D eigenvalue weighted by Crippen LogP contribution is -2.20. The van der Waals surface area contributed by atoms with Gasteiger partial charge < -0.3 is 4.52 Å². The average molecular weight is 410 g/mol. The van der Waals surface area contributed by atoms with E-state index in [-0.39, 0.29) is 0 Å². The van der Waals surface area contributed by atoms with E-state index in [9.17, 15) is 0 Å². The zero-order chi connectivity index (χ0) is 20.8. The van der Waals surface area contributed by atoms with Gasteiger partial charge in [-0.15, -0.1) is 10.2 Å². The first-order chi connectivity index (χ1) is 15.3. The van der Waals surface area contributed by atoms with E-state index in [2.05, 4.69) is 38.5 Å². The van der Waals surface area contributed by atoms with E-state index in [0.29, 0.717) is 11.6 Å². The minimum absolute atomic E-state index is 0.654. The van der Waals surface area contributed by atoms with Crippen LogP contribution in [0, 0.1) is 6.92 Å². The highest BCUT2D eigenvalue weighted by Crippen LogP contribution is 2.34. The molecule has 0 N–H and O–H groups in total. The molecule has 0 saturated carbocycles. The summed E-state index contributed by atoms with van der Waals surface area (Å²) in [4.78, 5) is 2.46. The second-order valence-electron chi connectivity index (χ2n) is 8.06. The molecule has 1 aliphatic rings. The highest BCUT2D eigenvalue weighted by molar-refractivity contribution is 5.95. The van der Waals surface area contributed by atoms with Crippen molar-refractivity contribution in [2.75, 3.05) is 13.1 Å². The van der Waals surface area contributed by atoms with Crippen molar-refractivity contribution in [2.45, 2.75) is 26.3 Å². The fourth-order valence-corrected chi connectivity index (χ4v) is 4.50. The molecule has 4 heterocycles. The van der Waals surface area contributed by atoms with Gasteiger partial charge in [-0.1, -0.05) is 59.8 Å². The van der Waals surface area contributed by atoms with Gasteiger partial charge in [0.05, 0.1) is 11.3 Å². The van der Waals surface area contributed by atoms with Crippen molar-refractivity contribution in [1.29, 1.82) is 0 Å². The van der Waals surface area contributed by atoms with Gasteiger partial charge in [0.2, 0.25) is 0 Å². The zero-order valence-corrected chi connectivity index (χ0v) is 17.3. The number of nitrogens with zero attached hydrogens (tertiary/aromatic N) is 6. The van der Waals surface area contributed by atoms with E-state index in [1.807, 2.05) is 47.8 Å². The maximum atomic E-state index is 5.58. The summed E-state index contributed by atoms with van der Waals surface area (Å²) in [6.45, 7) is 4.96. The molecular weight excluding hydrogens is 388 g/mol. The van der Waals surface area contributed by atoms with E-state index in [4.69, 9.17) is 9.62 Å². The first-order valence-electron chi connectivity index (χ1n) is 10.7. The fourth-order valence-electron chi connectivity index (χ4n) is 4.50. The molecule has 1 fully saturated rings. The van der Waals surface area contributed by atoms with E-state index in [1.165, 1.54) is 12.8 Å². The summed E-state index contributed by atoms with van der Waals surface area (Å²) < 4.78 is 7.44. The molecule has 7 nitrogen and oxygen atoms in total. The second kappa shape index (κ2) is 7.28. The van der Waals surface area contributed by atoms with Crippen molar-refractivity contribution in [3.63, 3.8) is 0 Å². The minimum Gasteiger partial charge on any atom is -0.360 e. The summed E-state index contributed by atoms with van der Waals surface area (Å²) in [5.74, 6) is 1.35. The summed E-state index contributed by atoms with van der Waals surface area (Å²) in [6, 6.07) is 18.3. The summed E-state index contributed by atoms with van der Waals surface area (Å²) in [5.41, 5.74) is 4.35. The van der Waals surface area contributed by atoms with Crippen LogP contribution in [-0.4, -0.2) is 43.0 Å². The van der Waals surface area contributed by atoms with Crippen LogP contribution in [0.5, 0.6) is 0 Å². The van der Waals surface area contributed by atoms with E-state index in [1.54, 1.807) is 0 Å². The van der Waals surface area contributed by atoms with Crippen LogP contribution >= 0.6 is 0 Å². The standard InChI is InChI=1S/C24H22N6O/c1-16-21(22(28-31-16)17-9-3-2-4-10-17)24-26-25-23-19-12-6-5-11-18(19)20(27-30(23)24)15-29-13-7-8-14-29/h2-6,9-12H,7-8,13-15H2,1H3. The smallest absolute Gasteiger partial charge is 0.191 e. The topological polar surface area (TPSA) is 72.3 Å². The van der Waals surface area contributed by atoms with Crippen molar-refractivity contribution in [2.24, 2.45) is 0 Å². The third-order valence-corrected chi connectivity index (χ3v) is 6.05. The molecule has 0 radical (unpaired) electrons. The van der Waals surface area contributed by atoms with E-state index >= 15 is 0 Å². The number of rotatable bonds is 4. The van der Waals surface area contributed by atoms with Gasteiger partial charge in [-0.05, 0) is 32.9 Å². The zero-order valence-electron chi connectivity index (χ0n) is 17.3. The molecule has 0 unspecified atom stereocenters. The third-order valence-electron chi connectivity index (χ3n) is 6.05. The highest BCUT2D eigenvalue weighted by atomic mass is 16.5. The van der Waals surface area contributed by atoms with Gasteiger partial charge in [0.25, 0.3) is 0 Å². The number of fused-ring (bicyclic) bond motifs is 3. The van der Waals surface area contributed by atoms with Gasteiger partial charge in [-0.3, -0.25) is 4.90 Å². The van der Waals surface area contributed by atoms with Gasteiger partial charge in [-0.25, -0.2) is 0 Å². The molecule has 0 bridgehead atoms. The van der Waals surface area contributed by atoms with Crippen LogP contribution in [0.3, 0.4) is 0 Å². The number of benzene rings is 2. The average Bonchev–Trinajstić information content (AvgIpc) is 3.55. The fraction of sp³-hybridized carbons (Fsp3) is 0.250. The van der Waals surface area contributed by atoms with Crippen LogP contribution in [0.15, 0.2) is 59.1 Å². The first-order valence-corrected chi connectivity index (χ1v) is 10.7. The number of hydrogen-bond acceptors (Lipinski definition) is 6. The Kier molecular flexibility index (Phi) is 4.28. The largest absolute Gasteiger partial charge is 0.360 e. The van der Waals surface area contributed by atoms with Crippen LogP contribution in [0.4, 0.5) is 0 Å². The van der Waals surface area contributed by atoms with Crippen molar-refractivity contribution in [1.82, 2.24) is 29.9 Å². The molecule has 6 rings (SSSR count). The molecule has 1 aliphatic heterocycles. The Morgan fingerprint density at radius 1 is 0.903 bits per heavy atom. The second-order valence-corrected chi connectivity index (χ2v) is 8.06. The van der Waals surface area contributed by atoms with E-state index in [0.717, 1.165) is 58.6 Å². The molecule has 1 saturated heterocycles. The SMILES string of the molecule is Cc1onc(-c2ccccc2)c1-c1nnc2c3ccccc3c(CN3CCCC3)nn12.